The van der Waals surface area contributed by atoms with Gasteiger partial charge in [-0.2, -0.15) is 0 Å². The van der Waals surface area contributed by atoms with E-state index in [2.05, 4.69) is 243 Å². The summed E-state index contributed by atoms with van der Waals surface area (Å²) in [6.45, 7) is 0. The molecule has 2 aliphatic rings. The first-order valence-corrected chi connectivity index (χ1v) is 22.0. The molecule has 0 N–H and O–H groups in total. The molecule has 0 bridgehead atoms. The van der Waals surface area contributed by atoms with Gasteiger partial charge in [0.15, 0.2) is 0 Å². The van der Waals surface area contributed by atoms with Crippen LogP contribution in [0.4, 0.5) is 0 Å². The third kappa shape index (κ3) is 5.28. The predicted octanol–water partition coefficient (Wildman–Crippen LogP) is 16.7. The lowest BCUT2D eigenvalue weighted by atomic mass is 9.70. The molecular formula is C63H40. The van der Waals surface area contributed by atoms with Gasteiger partial charge in [-0.25, -0.2) is 0 Å². The Morgan fingerprint density at radius 2 is 0.524 bits per heavy atom. The summed E-state index contributed by atoms with van der Waals surface area (Å²) in [5.74, 6) is 0. The zero-order valence-electron chi connectivity index (χ0n) is 34.6. The van der Waals surface area contributed by atoms with Gasteiger partial charge in [0.25, 0.3) is 0 Å². The summed E-state index contributed by atoms with van der Waals surface area (Å²) in [5.41, 5.74) is 22.6. The third-order valence-electron chi connectivity index (χ3n) is 13.8. The molecular weight excluding hydrogens is 757 g/mol. The molecule has 0 atom stereocenters. The highest BCUT2D eigenvalue weighted by atomic mass is 14.5. The van der Waals surface area contributed by atoms with Crippen LogP contribution in [0.2, 0.25) is 0 Å². The van der Waals surface area contributed by atoms with Gasteiger partial charge in [0.05, 0.1) is 5.41 Å². The summed E-state index contributed by atoms with van der Waals surface area (Å²) >= 11 is 0. The van der Waals surface area contributed by atoms with E-state index in [-0.39, 0.29) is 0 Å². The fraction of sp³-hybridized carbons (Fsp3) is 0.0159. The largest absolute Gasteiger partial charge is 0.0725 e. The molecule has 0 aliphatic heterocycles. The highest BCUT2D eigenvalue weighted by Gasteiger charge is 2.51. The highest BCUT2D eigenvalue weighted by Crippen LogP contribution is 2.63. The average molecular weight is 797 g/mol. The van der Waals surface area contributed by atoms with Crippen LogP contribution in [0.25, 0.3) is 99.4 Å². The molecule has 0 saturated carbocycles. The van der Waals surface area contributed by atoms with E-state index in [9.17, 15) is 0 Å². The van der Waals surface area contributed by atoms with E-state index in [1.165, 1.54) is 122 Å². The van der Waals surface area contributed by atoms with Crippen molar-refractivity contribution in [2.45, 2.75) is 5.41 Å². The molecule has 0 heterocycles. The lowest BCUT2D eigenvalue weighted by Gasteiger charge is -2.30. The van der Waals surface area contributed by atoms with Gasteiger partial charge < -0.3 is 0 Å². The first-order valence-electron chi connectivity index (χ1n) is 22.0. The second kappa shape index (κ2) is 14.0. The summed E-state index contributed by atoms with van der Waals surface area (Å²) < 4.78 is 0. The van der Waals surface area contributed by atoms with Gasteiger partial charge in [-0.3, -0.25) is 0 Å². The maximum Gasteiger partial charge on any atom is 0.0725 e. The van der Waals surface area contributed by atoms with E-state index >= 15 is 0 Å². The van der Waals surface area contributed by atoms with Gasteiger partial charge in [0.1, 0.15) is 0 Å². The van der Waals surface area contributed by atoms with E-state index in [4.69, 9.17) is 0 Å². The van der Waals surface area contributed by atoms with Crippen LogP contribution < -0.4 is 0 Å². The quantitative estimate of drug-likeness (QED) is 0.152. The SMILES string of the molecule is c1ccc(-c2cc(-c3ccccc3)cc(-c3cccc(-c4c5ccccc5c(-c5ccc6c(c5)C5(c7ccccc7-c7ccccc75)c5ccccc5-6)c5ccccc45)c3)c2)cc1. The second-order valence-electron chi connectivity index (χ2n) is 17.1. The standard InChI is InChI=1S/C63H40/c1-3-18-41(19-4-1)46-37-47(42-20-5-2-6-21-42)39-48(38-46)43-22-17-23-44(36-43)61-53-27-7-9-29-55(53)62(56-30-10-8-28-54(56)61)45-34-35-52-51-26-13-16-33-59(51)63(60(52)40-45)57-31-14-11-24-49(57)50-25-12-15-32-58(50)63/h1-40H. The van der Waals surface area contributed by atoms with E-state index in [1.54, 1.807) is 0 Å². The first-order chi connectivity index (χ1) is 31.3. The van der Waals surface area contributed by atoms with Crippen molar-refractivity contribution in [1.29, 1.82) is 0 Å². The van der Waals surface area contributed by atoms with Crippen molar-refractivity contribution >= 4 is 21.5 Å². The van der Waals surface area contributed by atoms with Crippen LogP contribution in [-0.2, 0) is 5.41 Å². The predicted molar refractivity (Wildman–Crippen MR) is 265 cm³/mol. The molecule has 11 aromatic carbocycles. The Kier molecular flexibility index (Phi) is 7.92. The molecule has 292 valence electrons. The Bertz CT molecular complexity index is 3430. The fourth-order valence-corrected chi connectivity index (χ4v) is 11.2. The maximum atomic E-state index is 2.53. The average Bonchev–Trinajstić information content (AvgIpc) is 3.83. The molecule has 11 aromatic rings. The topological polar surface area (TPSA) is 0 Å². The lowest BCUT2D eigenvalue weighted by molar-refractivity contribution is 0.794. The minimum Gasteiger partial charge on any atom is -0.0622 e. The highest BCUT2D eigenvalue weighted by molar-refractivity contribution is 6.21. The van der Waals surface area contributed by atoms with Crippen molar-refractivity contribution in [3.05, 3.63) is 265 Å². The molecule has 0 amide bonds. The maximum absolute atomic E-state index is 2.53. The van der Waals surface area contributed by atoms with Crippen molar-refractivity contribution in [3.8, 4) is 77.9 Å². The summed E-state index contributed by atoms with van der Waals surface area (Å²) in [6, 6.07) is 90.3. The molecule has 0 nitrogen and oxygen atoms in total. The molecule has 0 aromatic heterocycles. The van der Waals surface area contributed by atoms with E-state index < -0.39 is 5.41 Å². The number of fused-ring (bicyclic) bond motifs is 12. The zero-order chi connectivity index (χ0) is 41.5. The van der Waals surface area contributed by atoms with E-state index in [1.807, 2.05) is 0 Å². The molecule has 2 aliphatic carbocycles. The molecule has 0 fully saturated rings. The van der Waals surface area contributed by atoms with Gasteiger partial charge in [0, 0.05) is 0 Å². The first kappa shape index (κ1) is 35.7. The van der Waals surface area contributed by atoms with E-state index in [0.717, 1.165) is 0 Å². The van der Waals surface area contributed by atoms with Crippen LogP contribution in [0.5, 0.6) is 0 Å². The molecule has 0 unspecified atom stereocenters. The summed E-state index contributed by atoms with van der Waals surface area (Å²) in [4.78, 5) is 0. The third-order valence-corrected chi connectivity index (χ3v) is 13.8. The number of hydrogen-bond acceptors (Lipinski definition) is 0. The smallest absolute Gasteiger partial charge is 0.0622 e. The van der Waals surface area contributed by atoms with Crippen LogP contribution in [0.3, 0.4) is 0 Å². The number of rotatable bonds is 5. The van der Waals surface area contributed by atoms with Crippen molar-refractivity contribution < 1.29 is 0 Å². The Morgan fingerprint density at radius 1 is 0.190 bits per heavy atom. The Hall–Kier alpha value is -8.06. The van der Waals surface area contributed by atoms with Crippen LogP contribution in [0.15, 0.2) is 243 Å². The number of benzene rings is 11. The second-order valence-corrected chi connectivity index (χ2v) is 17.1. The Morgan fingerprint density at radius 3 is 1.00 bits per heavy atom. The minimum absolute atomic E-state index is 0.403. The van der Waals surface area contributed by atoms with Gasteiger partial charge in [-0.05, 0) is 152 Å². The van der Waals surface area contributed by atoms with Crippen molar-refractivity contribution in [1.82, 2.24) is 0 Å². The molecule has 0 heteroatoms. The minimum atomic E-state index is -0.403. The summed E-state index contributed by atoms with van der Waals surface area (Å²) in [5, 5.41) is 5.01. The van der Waals surface area contributed by atoms with Crippen molar-refractivity contribution in [2.24, 2.45) is 0 Å². The van der Waals surface area contributed by atoms with Crippen LogP contribution in [0, 0.1) is 0 Å². The fourth-order valence-electron chi connectivity index (χ4n) is 11.2. The van der Waals surface area contributed by atoms with Crippen LogP contribution in [0.1, 0.15) is 22.3 Å². The summed E-state index contributed by atoms with van der Waals surface area (Å²) in [6.07, 6.45) is 0. The van der Waals surface area contributed by atoms with E-state index in [0.29, 0.717) is 0 Å². The monoisotopic (exact) mass is 796 g/mol. The lowest BCUT2D eigenvalue weighted by Crippen LogP contribution is -2.25. The van der Waals surface area contributed by atoms with Gasteiger partial charge >= 0.3 is 0 Å². The molecule has 63 heavy (non-hydrogen) atoms. The normalized spacial score (nSPS) is 12.9. The van der Waals surface area contributed by atoms with Crippen molar-refractivity contribution in [3.63, 3.8) is 0 Å². The molecule has 13 rings (SSSR count). The molecule has 1 spiro atoms. The summed E-state index contributed by atoms with van der Waals surface area (Å²) in [7, 11) is 0. The molecule has 0 saturated heterocycles. The Balaban J connectivity index is 1.02. The zero-order valence-corrected chi connectivity index (χ0v) is 34.6. The van der Waals surface area contributed by atoms with Gasteiger partial charge in [-0.1, -0.05) is 212 Å². The number of hydrogen-bond donors (Lipinski definition) is 0. The molecule has 0 radical (unpaired) electrons. The van der Waals surface area contributed by atoms with Crippen LogP contribution in [-0.4, -0.2) is 0 Å². The van der Waals surface area contributed by atoms with Crippen LogP contribution >= 0.6 is 0 Å². The van der Waals surface area contributed by atoms with Gasteiger partial charge in [0.2, 0.25) is 0 Å². The van der Waals surface area contributed by atoms with Gasteiger partial charge in [-0.15, -0.1) is 0 Å². The Labute approximate surface area is 368 Å². The van der Waals surface area contributed by atoms with Crippen molar-refractivity contribution in [2.75, 3.05) is 0 Å².